The van der Waals surface area contributed by atoms with Crippen LogP contribution in [0.5, 0.6) is 5.75 Å². The van der Waals surface area contributed by atoms with E-state index in [0.717, 1.165) is 17.0 Å². The van der Waals surface area contributed by atoms with Gasteiger partial charge >= 0.3 is 0 Å². The molecule has 0 unspecified atom stereocenters. The highest BCUT2D eigenvalue weighted by atomic mass is 16.5. The maximum atomic E-state index is 12.1. The number of hydrogen-bond acceptors (Lipinski definition) is 4. The Labute approximate surface area is 182 Å². The normalized spacial score (nSPS) is 11.1. The summed E-state index contributed by atoms with van der Waals surface area (Å²) in [6.45, 7) is 3.95. The van der Waals surface area contributed by atoms with Gasteiger partial charge in [-0.2, -0.15) is 5.10 Å². The van der Waals surface area contributed by atoms with Crippen LogP contribution in [-0.4, -0.2) is 41.8 Å². The van der Waals surface area contributed by atoms with Crippen molar-refractivity contribution in [2.45, 2.75) is 20.0 Å². The van der Waals surface area contributed by atoms with E-state index in [4.69, 9.17) is 4.74 Å². The summed E-state index contributed by atoms with van der Waals surface area (Å²) in [4.78, 5) is 16.4. The largest absolute Gasteiger partial charge is 0.492 e. The second-order valence-electron chi connectivity index (χ2n) is 6.97. The fraction of sp³-hybridized carbons (Fsp3) is 0.261. The molecule has 3 N–H and O–H groups in total. The number of rotatable bonds is 9. The van der Waals surface area contributed by atoms with E-state index >= 15 is 0 Å². The fourth-order valence-electron chi connectivity index (χ4n) is 2.88. The number of carbonyl (C=O) groups is 1. The minimum Gasteiger partial charge on any atom is -0.492 e. The summed E-state index contributed by atoms with van der Waals surface area (Å²) in [5.74, 6) is 1.40. The minimum atomic E-state index is -0.125. The molecule has 0 fully saturated rings. The monoisotopic (exact) mass is 420 g/mol. The Bertz CT molecular complexity index is 984. The van der Waals surface area contributed by atoms with E-state index in [1.54, 1.807) is 30.2 Å². The molecule has 0 aliphatic carbocycles. The molecule has 1 heterocycles. The molecule has 3 aromatic rings. The van der Waals surface area contributed by atoms with Crippen LogP contribution in [0.2, 0.25) is 0 Å². The maximum Gasteiger partial charge on any atom is 0.246 e. The van der Waals surface area contributed by atoms with Crippen LogP contribution in [0.1, 0.15) is 11.1 Å². The van der Waals surface area contributed by atoms with Crippen molar-refractivity contribution < 1.29 is 9.53 Å². The standard InChI is InChI=1S/C23H28N6O2/c1-18-7-9-21(10-8-18)31-14-12-25-23(24-2)26-16-19-5-3-6-20(15-19)28-22(30)17-29-13-4-11-27-29/h3-11,13,15H,12,14,16-17H2,1-2H3,(H,28,30)(H2,24,25,26). The zero-order chi connectivity index (χ0) is 21.9. The van der Waals surface area contributed by atoms with Gasteiger partial charge in [0.15, 0.2) is 5.96 Å². The number of guanidine groups is 1. The average Bonchev–Trinajstić information content (AvgIpc) is 3.27. The molecule has 0 bridgehead atoms. The third-order valence-electron chi connectivity index (χ3n) is 4.44. The van der Waals surface area contributed by atoms with Crippen molar-refractivity contribution in [3.05, 3.63) is 78.1 Å². The Morgan fingerprint density at radius 3 is 2.71 bits per heavy atom. The average molecular weight is 421 g/mol. The van der Waals surface area contributed by atoms with Crippen molar-refractivity contribution in [2.24, 2.45) is 4.99 Å². The van der Waals surface area contributed by atoms with Gasteiger partial charge in [0.2, 0.25) is 5.91 Å². The van der Waals surface area contributed by atoms with Gasteiger partial charge in [0.05, 0.1) is 6.54 Å². The summed E-state index contributed by atoms with van der Waals surface area (Å²) in [6.07, 6.45) is 3.40. The highest BCUT2D eigenvalue weighted by Crippen LogP contribution is 2.11. The predicted molar refractivity (Wildman–Crippen MR) is 122 cm³/mol. The van der Waals surface area contributed by atoms with E-state index < -0.39 is 0 Å². The van der Waals surface area contributed by atoms with Crippen molar-refractivity contribution in [2.75, 3.05) is 25.5 Å². The second kappa shape index (κ2) is 11.4. The molecule has 0 aliphatic heterocycles. The zero-order valence-electron chi connectivity index (χ0n) is 17.8. The van der Waals surface area contributed by atoms with Crippen molar-refractivity contribution in [3.8, 4) is 5.75 Å². The van der Waals surface area contributed by atoms with Crippen LogP contribution in [-0.2, 0) is 17.9 Å². The molecule has 31 heavy (non-hydrogen) atoms. The third kappa shape index (κ3) is 7.50. The number of hydrogen-bond donors (Lipinski definition) is 3. The Balaban J connectivity index is 1.41. The topological polar surface area (TPSA) is 92.6 Å². The molecule has 0 saturated heterocycles. The lowest BCUT2D eigenvalue weighted by Gasteiger charge is -2.13. The lowest BCUT2D eigenvalue weighted by atomic mass is 10.2. The van der Waals surface area contributed by atoms with E-state index in [2.05, 4.69) is 26.0 Å². The van der Waals surface area contributed by atoms with Gasteiger partial charge in [0, 0.05) is 31.7 Å². The summed E-state index contributed by atoms with van der Waals surface area (Å²) in [5.41, 5.74) is 2.97. The quantitative estimate of drug-likeness (QED) is 0.281. The van der Waals surface area contributed by atoms with Gasteiger partial charge in [-0.1, -0.05) is 29.8 Å². The van der Waals surface area contributed by atoms with Crippen molar-refractivity contribution in [3.63, 3.8) is 0 Å². The van der Waals surface area contributed by atoms with Crippen LogP contribution >= 0.6 is 0 Å². The Hall–Kier alpha value is -3.81. The van der Waals surface area contributed by atoms with Gasteiger partial charge in [-0.25, -0.2) is 0 Å². The van der Waals surface area contributed by atoms with Gasteiger partial charge in [-0.05, 0) is 42.8 Å². The van der Waals surface area contributed by atoms with E-state index in [1.165, 1.54) is 5.56 Å². The highest BCUT2D eigenvalue weighted by Gasteiger charge is 2.05. The molecule has 8 heteroatoms. The summed E-state index contributed by atoms with van der Waals surface area (Å²) >= 11 is 0. The number of benzene rings is 2. The lowest BCUT2D eigenvalue weighted by Crippen LogP contribution is -2.38. The summed E-state index contributed by atoms with van der Waals surface area (Å²) < 4.78 is 7.30. The third-order valence-corrected chi connectivity index (χ3v) is 4.44. The Morgan fingerprint density at radius 1 is 1.13 bits per heavy atom. The Morgan fingerprint density at radius 2 is 1.97 bits per heavy atom. The SMILES string of the molecule is CN=C(NCCOc1ccc(C)cc1)NCc1cccc(NC(=O)Cn2cccn2)c1. The molecule has 1 aromatic heterocycles. The first-order chi connectivity index (χ1) is 15.1. The first kappa shape index (κ1) is 21.9. The minimum absolute atomic E-state index is 0.125. The van der Waals surface area contributed by atoms with Crippen LogP contribution in [0.4, 0.5) is 5.69 Å². The van der Waals surface area contributed by atoms with Gasteiger partial charge in [-0.3, -0.25) is 14.5 Å². The molecule has 3 rings (SSSR count). The van der Waals surface area contributed by atoms with E-state index in [0.29, 0.717) is 25.7 Å². The van der Waals surface area contributed by atoms with Gasteiger partial charge < -0.3 is 20.7 Å². The highest BCUT2D eigenvalue weighted by molar-refractivity contribution is 5.90. The number of carbonyl (C=O) groups excluding carboxylic acids is 1. The van der Waals surface area contributed by atoms with Crippen LogP contribution in [0.3, 0.4) is 0 Å². The molecule has 0 saturated carbocycles. The smallest absolute Gasteiger partial charge is 0.246 e. The second-order valence-corrected chi connectivity index (χ2v) is 6.97. The summed E-state index contributed by atoms with van der Waals surface area (Å²) in [5, 5.41) is 13.4. The number of aromatic nitrogens is 2. The molecule has 0 spiro atoms. The maximum absolute atomic E-state index is 12.1. The predicted octanol–water partition coefficient (Wildman–Crippen LogP) is 2.57. The van der Waals surface area contributed by atoms with Crippen LogP contribution in [0.15, 0.2) is 72.0 Å². The van der Waals surface area contributed by atoms with Crippen molar-refractivity contribution >= 4 is 17.6 Å². The van der Waals surface area contributed by atoms with Crippen LogP contribution < -0.4 is 20.7 Å². The van der Waals surface area contributed by atoms with Gasteiger partial charge in [0.25, 0.3) is 0 Å². The molecular formula is C23H28N6O2. The van der Waals surface area contributed by atoms with E-state index in [9.17, 15) is 4.79 Å². The van der Waals surface area contributed by atoms with E-state index in [1.807, 2.05) is 55.5 Å². The lowest BCUT2D eigenvalue weighted by molar-refractivity contribution is -0.116. The zero-order valence-corrected chi connectivity index (χ0v) is 17.8. The molecule has 0 radical (unpaired) electrons. The van der Waals surface area contributed by atoms with Crippen LogP contribution in [0.25, 0.3) is 0 Å². The molecule has 8 nitrogen and oxygen atoms in total. The molecular weight excluding hydrogens is 392 g/mol. The Kier molecular flexibility index (Phi) is 8.05. The first-order valence-corrected chi connectivity index (χ1v) is 10.1. The van der Waals surface area contributed by atoms with Gasteiger partial charge in [0.1, 0.15) is 18.9 Å². The van der Waals surface area contributed by atoms with Crippen molar-refractivity contribution in [1.29, 1.82) is 0 Å². The molecule has 0 aliphatic rings. The molecule has 162 valence electrons. The number of ether oxygens (including phenoxy) is 1. The summed E-state index contributed by atoms with van der Waals surface area (Å²) in [7, 11) is 1.72. The number of aliphatic imine (C=N–C) groups is 1. The number of amides is 1. The van der Waals surface area contributed by atoms with Crippen LogP contribution in [0, 0.1) is 6.92 Å². The fourth-order valence-corrected chi connectivity index (χ4v) is 2.88. The summed E-state index contributed by atoms with van der Waals surface area (Å²) in [6, 6.07) is 17.5. The molecule has 1 amide bonds. The van der Waals surface area contributed by atoms with Gasteiger partial charge in [-0.15, -0.1) is 0 Å². The van der Waals surface area contributed by atoms with Crippen molar-refractivity contribution in [1.82, 2.24) is 20.4 Å². The number of nitrogens with zero attached hydrogens (tertiary/aromatic N) is 3. The first-order valence-electron chi connectivity index (χ1n) is 10.1. The van der Waals surface area contributed by atoms with E-state index in [-0.39, 0.29) is 12.5 Å². The molecule has 2 aromatic carbocycles. The number of nitrogens with one attached hydrogen (secondary N) is 3. The number of aryl methyl sites for hydroxylation is 1. The molecule has 0 atom stereocenters. The number of anilines is 1.